The molecule has 68 valence electrons. The fourth-order valence-corrected chi connectivity index (χ4v) is 2.14. The Bertz CT molecular complexity index is 221. The number of aliphatic hydroxyl groups is 1. The standard InChI is InChI=1S/C8H14N2OS/c1-9-7(12)10-3-2-6-4-8(6,11)5-10/h6,11H,2-5H2,1H3,(H,9,12)/t6-,8+/m1/s1. The molecule has 2 fully saturated rings. The maximum atomic E-state index is 9.83. The van der Waals surface area contributed by atoms with Gasteiger partial charge in [0.1, 0.15) is 0 Å². The van der Waals surface area contributed by atoms with Crippen molar-refractivity contribution in [3.8, 4) is 0 Å². The van der Waals surface area contributed by atoms with Gasteiger partial charge in [-0.3, -0.25) is 0 Å². The first-order chi connectivity index (χ1) is 5.65. The molecule has 0 aromatic carbocycles. The van der Waals surface area contributed by atoms with Gasteiger partial charge >= 0.3 is 0 Å². The van der Waals surface area contributed by atoms with Gasteiger partial charge in [-0.25, -0.2) is 0 Å². The fraction of sp³-hybridized carbons (Fsp3) is 0.875. The molecule has 0 aromatic heterocycles. The van der Waals surface area contributed by atoms with Crippen LogP contribution in [0, 0.1) is 5.92 Å². The number of nitrogens with one attached hydrogen (secondary N) is 1. The van der Waals surface area contributed by atoms with Gasteiger partial charge in [0.15, 0.2) is 5.11 Å². The summed E-state index contributed by atoms with van der Waals surface area (Å²) in [5.74, 6) is 0.549. The second-order valence-electron chi connectivity index (χ2n) is 3.77. The molecule has 0 spiro atoms. The molecule has 1 saturated heterocycles. The number of hydrogen-bond acceptors (Lipinski definition) is 2. The van der Waals surface area contributed by atoms with E-state index in [1.165, 1.54) is 0 Å². The number of hydrogen-bond donors (Lipinski definition) is 2. The number of piperidine rings is 1. The minimum atomic E-state index is -0.404. The second-order valence-corrected chi connectivity index (χ2v) is 4.16. The SMILES string of the molecule is CNC(=S)N1CC[C@@H]2C[C@]2(O)C1. The van der Waals surface area contributed by atoms with Crippen molar-refractivity contribution in [1.29, 1.82) is 0 Å². The summed E-state index contributed by atoms with van der Waals surface area (Å²) in [4.78, 5) is 2.05. The molecule has 0 amide bonds. The van der Waals surface area contributed by atoms with Crippen LogP contribution in [0.25, 0.3) is 0 Å². The molecule has 12 heavy (non-hydrogen) atoms. The average Bonchev–Trinajstić information content (AvgIpc) is 2.73. The van der Waals surface area contributed by atoms with E-state index in [9.17, 15) is 5.11 Å². The Labute approximate surface area is 77.7 Å². The fourth-order valence-electron chi connectivity index (χ4n) is 1.98. The lowest BCUT2D eigenvalue weighted by Crippen LogP contribution is -2.47. The van der Waals surface area contributed by atoms with E-state index in [4.69, 9.17) is 12.2 Å². The van der Waals surface area contributed by atoms with Crippen molar-refractivity contribution in [3.05, 3.63) is 0 Å². The normalized spacial score (nSPS) is 38.8. The highest BCUT2D eigenvalue weighted by atomic mass is 32.1. The Kier molecular flexibility index (Phi) is 1.77. The van der Waals surface area contributed by atoms with Gasteiger partial charge in [0.05, 0.1) is 5.60 Å². The first-order valence-corrected chi connectivity index (χ1v) is 4.75. The molecule has 2 aliphatic rings. The van der Waals surface area contributed by atoms with Gasteiger partial charge in [-0.2, -0.15) is 0 Å². The molecular weight excluding hydrogens is 172 g/mol. The van der Waals surface area contributed by atoms with Gasteiger partial charge in [-0.15, -0.1) is 0 Å². The predicted octanol–water partition coefficient (Wildman–Crippen LogP) is -0.0526. The van der Waals surface area contributed by atoms with Crippen molar-refractivity contribution in [2.75, 3.05) is 20.1 Å². The molecule has 1 saturated carbocycles. The molecule has 2 rings (SSSR count). The van der Waals surface area contributed by atoms with Gasteiger partial charge in [0, 0.05) is 20.1 Å². The van der Waals surface area contributed by atoms with E-state index in [1.807, 2.05) is 7.05 Å². The Balaban J connectivity index is 1.97. The van der Waals surface area contributed by atoms with Gasteiger partial charge < -0.3 is 15.3 Å². The average molecular weight is 186 g/mol. The molecule has 0 radical (unpaired) electrons. The first-order valence-electron chi connectivity index (χ1n) is 4.35. The molecule has 4 heteroatoms. The molecular formula is C8H14N2OS. The molecule has 1 aliphatic carbocycles. The van der Waals surface area contributed by atoms with Crippen LogP contribution in [0.5, 0.6) is 0 Å². The van der Waals surface area contributed by atoms with Crippen LogP contribution < -0.4 is 5.32 Å². The number of likely N-dealkylation sites (tertiary alicyclic amines) is 1. The summed E-state index contributed by atoms with van der Waals surface area (Å²) in [6.45, 7) is 1.71. The molecule has 0 bridgehead atoms. The van der Waals surface area contributed by atoms with Crippen molar-refractivity contribution in [2.45, 2.75) is 18.4 Å². The lowest BCUT2D eigenvalue weighted by Gasteiger charge is -2.31. The highest BCUT2D eigenvalue weighted by molar-refractivity contribution is 7.80. The summed E-state index contributed by atoms with van der Waals surface area (Å²) in [6.07, 6.45) is 2.05. The van der Waals surface area contributed by atoms with Crippen molar-refractivity contribution in [3.63, 3.8) is 0 Å². The monoisotopic (exact) mass is 186 g/mol. The Hall–Kier alpha value is -0.350. The second kappa shape index (κ2) is 2.57. The van der Waals surface area contributed by atoms with E-state index in [0.717, 1.165) is 31.0 Å². The number of nitrogens with zero attached hydrogens (tertiary/aromatic N) is 1. The molecule has 1 heterocycles. The topological polar surface area (TPSA) is 35.5 Å². The van der Waals surface area contributed by atoms with Crippen LogP contribution >= 0.6 is 12.2 Å². The summed E-state index contributed by atoms with van der Waals surface area (Å²) in [6, 6.07) is 0. The first kappa shape index (κ1) is 8.26. The number of fused-ring (bicyclic) bond motifs is 1. The van der Waals surface area contributed by atoms with Crippen LogP contribution in [0.2, 0.25) is 0 Å². The van der Waals surface area contributed by atoms with Crippen LogP contribution in [0.1, 0.15) is 12.8 Å². The van der Waals surface area contributed by atoms with Crippen LogP contribution in [0.3, 0.4) is 0 Å². The van der Waals surface area contributed by atoms with Crippen molar-refractivity contribution in [2.24, 2.45) is 5.92 Å². The van der Waals surface area contributed by atoms with Crippen LogP contribution in [-0.4, -0.2) is 40.9 Å². The minimum Gasteiger partial charge on any atom is -0.388 e. The zero-order valence-corrected chi connectivity index (χ0v) is 8.02. The lowest BCUT2D eigenvalue weighted by molar-refractivity contribution is 0.0785. The third-order valence-electron chi connectivity index (χ3n) is 2.91. The van der Waals surface area contributed by atoms with Gasteiger partial charge in [0.25, 0.3) is 0 Å². The summed E-state index contributed by atoms with van der Waals surface area (Å²) >= 11 is 5.10. The number of thiocarbonyl (C=S) groups is 1. The largest absolute Gasteiger partial charge is 0.388 e. The summed E-state index contributed by atoms with van der Waals surface area (Å²) in [7, 11) is 1.82. The van der Waals surface area contributed by atoms with Gasteiger partial charge in [0.2, 0.25) is 0 Å². The molecule has 2 N–H and O–H groups in total. The van der Waals surface area contributed by atoms with E-state index < -0.39 is 5.60 Å². The van der Waals surface area contributed by atoms with Crippen LogP contribution in [0.15, 0.2) is 0 Å². The summed E-state index contributed by atoms with van der Waals surface area (Å²) in [5.41, 5.74) is -0.404. The maximum Gasteiger partial charge on any atom is 0.168 e. The van der Waals surface area contributed by atoms with Crippen molar-refractivity contribution >= 4 is 17.3 Å². The molecule has 1 aliphatic heterocycles. The molecule has 0 aromatic rings. The Morgan fingerprint density at radius 1 is 1.75 bits per heavy atom. The highest BCUT2D eigenvalue weighted by Gasteiger charge is 2.55. The Morgan fingerprint density at radius 3 is 3.08 bits per heavy atom. The quantitative estimate of drug-likeness (QED) is 0.520. The molecule has 3 nitrogen and oxygen atoms in total. The number of rotatable bonds is 0. The van der Waals surface area contributed by atoms with E-state index in [0.29, 0.717) is 5.92 Å². The maximum absolute atomic E-state index is 9.83. The summed E-state index contributed by atoms with van der Waals surface area (Å²) < 4.78 is 0. The van der Waals surface area contributed by atoms with Gasteiger partial charge in [-0.1, -0.05) is 0 Å². The van der Waals surface area contributed by atoms with E-state index >= 15 is 0 Å². The van der Waals surface area contributed by atoms with Crippen molar-refractivity contribution < 1.29 is 5.11 Å². The van der Waals surface area contributed by atoms with E-state index in [-0.39, 0.29) is 0 Å². The minimum absolute atomic E-state index is 0.404. The van der Waals surface area contributed by atoms with E-state index in [1.54, 1.807) is 0 Å². The molecule has 2 atom stereocenters. The zero-order valence-electron chi connectivity index (χ0n) is 7.21. The van der Waals surface area contributed by atoms with Gasteiger partial charge in [-0.05, 0) is 31.0 Å². The third-order valence-corrected chi connectivity index (χ3v) is 3.38. The lowest BCUT2D eigenvalue weighted by atomic mass is 10.1. The van der Waals surface area contributed by atoms with Crippen LogP contribution in [-0.2, 0) is 0 Å². The highest BCUT2D eigenvalue weighted by Crippen LogP contribution is 2.48. The van der Waals surface area contributed by atoms with E-state index in [2.05, 4.69) is 10.2 Å². The van der Waals surface area contributed by atoms with Crippen LogP contribution in [0.4, 0.5) is 0 Å². The smallest absolute Gasteiger partial charge is 0.168 e. The van der Waals surface area contributed by atoms with Crippen molar-refractivity contribution in [1.82, 2.24) is 10.2 Å². The Morgan fingerprint density at radius 2 is 2.50 bits per heavy atom. The molecule has 0 unspecified atom stereocenters. The summed E-state index contributed by atoms with van der Waals surface area (Å²) in [5, 5.41) is 13.5. The predicted molar refractivity (Wildman–Crippen MR) is 50.9 cm³/mol. The number of β-amino-alcohol motifs (C(OH)–C–C–N with tert-alkyl or cyclic N) is 1. The third kappa shape index (κ3) is 1.19. The zero-order chi connectivity index (χ0) is 8.77.